The number of amides is 3. The molecule has 0 bridgehead atoms. The van der Waals surface area contributed by atoms with Crippen LogP contribution in [0.4, 0.5) is 10.5 Å². The summed E-state index contributed by atoms with van der Waals surface area (Å²) in [6.07, 6.45) is 0.495. The molecule has 2 aromatic carbocycles. The summed E-state index contributed by atoms with van der Waals surface area (Å²) in [4.78, 5) is 27.3. The van der Waals surface area contributed by atoms with Crippen molar-refractivity contribution >= 4 is 17.6 Å². The molecular formula is C20H23N3O3. The zero-order valence-corrected chi connectivity index (χ0v) is 15.0. The van der Waals surface area contributed by atoms with Crippen molar-refractivity contribution in [1.29, 1.82) is 0 Å². The Hall–Kier alpha value is -3.02. The van der Waals surface area contributed by atoms with E-state index in [0.717, 1.165) is 5.75 Å². The first-order chi connectivity index (χ1) is 12.5. The first-order valence-electron chi connectivity index (χ1n) is 8.60. The lowest BCUT2D eigenvalue weighted by molar-refractivity contribution is -0.126. The Morgan fingerprint density at radius 2 is 1.92 bits per heavy atom. The highest BCUT2D eigenvalue weighted by Gasteiger charge is 2.28. The smallest absolute Gasteiger partial charge is 0.321 e. The molecule has 6 nitrogen and oxygen atoms in total. The monoisotopic (exact) mass is 353 g/mol. The third-order valence-corrected chi connectivity index (χ3v) is 4.36. The maximum absolute atomic E-state index is 12.4. The van der Waals surface area contributed by atoms with Crippen LogP contribution >= 0.6 is 0 Å². The van der Waals surface area contributed by atoms with Gasteiger partial charge >= 0.3 is 6.03 Å². The molecular weight excluding hydrogens is 330 g/mol. The normalized spacial score (nSPS) is 16.5. The lowest BCUT2D eigenvalue weighted by atomic mass is 10.1. The minimum Gasteiger partial charge on any atom is -0.457 e. The number of urea groups is 1. The van der Waals surface area contributed by atoms with E-state index in [-0.39, 0.29) is 17.9 Å². The molecule has 1 aliphatic rings. The Kier molecular flexibility index (Phi) is 5.41. The Morgan fingerprint density at radius 3 is 2.62 bits per heavy atom. The van der Waals surface area contributed by atoms with Gasteiger partial charge < -0.3 is 19.9 Å². The fourth-order valence-electron chi connectivity index (χ4n) is 3.03. The number of carbonyl (C=O) groups excluding carboxylic acids is 2. The highest BCUT2D eigenvalue weighted by molar-refractivity contribution is 5.89. The number of nitrogens with one attached hydrogen (secondary N) is 1. The summed E-state index contributed by atoms with van der Waals surface area (Å²) in [5, 5.41) is 2.87. The molecule has 2 aromatic rings. The van der Waals surface area contributed by atoms with Gasteiger partial charge in [-0.25, -0.2) is 4.79 Å². The molecule has 1 atom stereocenters. The van der Waals surface area contributed by atoms with Crippen molar-refractivity contribution in [2.75, 3.05) is 32.5 Å². The minimum atomic E-state index is -0.205. The molecule has 0 aliphatic carbocycles. The summed E-state index contributed by atoms with van der Waals surface area (Å²) in [7, 11) is 3.53. The summed E-state index contributed by atoms with van der Waals surface area (Å²) in [5.74, 6) is 1.70. The molecule has 26 heavy (non-hydrogen) atoms. The third-order valence-electron chi connectivity index (χ3n) is 4.36. The van der Waals surface area contributed by atoms with Crippen LogP contribution in [0, 0.1) is 5.92 Å². The molecule has 1 heterocycles. The van der Waals surface area contributed by atoms with Crippen molar-refractivity contribution in [1.82, 2.24) is 9.80 Å². The molecule has 136 valence electrons. The summed E-state index contributed by atoms with van der Waals surface area (Å²) in [6.45, 7) is 1.24. The Balaban J connectivity index is 1.57. The lowest BCUT2D eigenvalue weighted by Crippen LogP contribution is -2.35. The summed E-state index contributed by atoms with van der Waals surface area (Å²) >= 11 is 0. The molecule has 0 aromatic heterocycles. The molecule has 3 rings (SSSR count). The molecule has 1 aliphatic heterocycles. The number of para-hydroxylation sites is 1. The summed E-state index contributed by atoms with van der Waals surface area (Å²) in [5.41, 5.74) is 0.662. The van der Waals surface area contributed by atoms with Gasteiger partial charge in [-0.2, -0.15) is 0 Å². The lowest BCUT2D eigenvalue weighted by Gasteiger charge is -2.21. The van der Waals surface area contributed by atoms with Crippen LogP contribution in [0.15, 0.2) is 54.6 Å². The molecule has 0 radical (unpaired) electrons. The summed E-state index contributed by atoms with van der Waals surface area (Å²) in [6, 6.07) is 16.5. The number of hydrogen-bond donors (Lipinski definition) is 1. The second kappa shape index (κ2) is 7.91. The standard InChI is InChI=1S/C20H23N3O3/c1-22-13-15(11-19(22)24)14-23(2)20(25)21-16-7-6-10-18(12-16)26-17-8-4-3-5-9-17/h3-10,12,15H,11,13-14H2,1-2H3,(H,21,25)/t15-/m0/s1. The number of likely N-dealkylation sites (tertiary alicyclic amines) is 1. The van der Waals surface area contributed by atoms with Gasteiger partial charge in [0, 0.05) is 51.3 Å². The first kappa shape index (κ1) is 17.8. The van der Waals surface area contributed by atoms with E-state index in [1.54, 1.807) is 30.0 Å². The van der Waals surface area contributed by atoms with Crippen molar-refractivity contribution in [3.05, 3.63) is 54.6 Å². The van der Waals surface area contributed by atoms with Gasteiger partial charge in [-0.05, 0) is 24.3 Å². The highest BCUT2D eigenvalue weighted by atomic mass is 16.5. The molecule has 1 fully saturated rings. The molecule has 6 heteroatoms. The SMILES string of the molecule is CN1C[C@@H](CN(C)C(=O)Nc2cccc(Oc3ccccc3)c2)CC1=O. The third kappa shape index (κ3) is 4.53. The van der Waals surface area contributed by atoms with Gasteiger partial charge in [-0.15, -0.1) is 0 Å². The molecule has 1 saturated heterocycles. The van der Waals surface area contributed by atoms with E-state index in [9.17, 15) is 9.59 Å². The maximum atomic E-state index is 12.4. The van der Waals surface area contributed by atoms with Crippen LogP contribution < -0.4 is 10.1 Å². The van der Waals surface area contributed by atoms with Crippen LogP contribution in [0.25, 0.3) is 0 Å². The average molecular weight is 353 g/mol. The van der Waals surface area contributed by atoms with Gasteiger partial charge in [0.05, 0.1) is 0 Å². The Bertz CT molecular complexity index is 779. The van der Waals surface area contributed by atoms with Crippen molar-refractivity contribution in [2.45, 2.75) is 6.42 Å². The van der Waals surface area contributed by atoms with Gasteiger partial charge in [0.15, 0.2) is 0 Å². The van der Waals surface area contributed by atoms with Crippen LogP contribution in [0.2, 0.25) is 0 Å². The highest BCUT2D eigenvalue weighted by Crippen LogP contribution is 2.24. The number of benzene rings is 2. The Labute approximate surface area is 153 Å². The molecule has 0 spiro atoms. The number of rotatable bonds is 5. The first-order valence-corrected chi connectivity index (χ1v) is 8.60. The van der Waals surface area contributed by atoms with Crippen molar-refractivity contribution in [2.24, 2.45) is 5.92 Å². The second-order valence-corrected chi connectivity index (χ2v) is 6.60. The second-order valence-electron chi connectivity index (χ2n) is 6.60. The quantitative estimate of drug-likeness (QED) is 0.896. The van der Waals surface area contributed by atoms with Gasteiger partial charge in [0.1, 0.15) is 11.5 Å². The van der Waals surface area contributed by atoms with Crippen molar-refractivity contribution < 1.29 is 14.3 Å². The van der Waals surface area contributed by atoms with Crippen LogP contribution in [-0.2, 0) is 4.79 Å². The Morgan fingerprint density at radius 1 is 1.19 bits per heavy atom. The fourth-order valence-corrected chi connectivity index (χ4v) is 3.03. The molecule has 1 N–H and O–H groups in total. The van der Waals surface area contributed by atoms with Crippen molar-refractivity contribution in [3.63, 3.8) is 0 Å². The van der Waals surface area contributed by atoms with Gasteiger partial charge in [-0.3, -0.25) is 4.79 Å². The number of nitrogens with zero attached hydrogens (tertiary/aromatic N) is 2. The van der Waals surface area contributed by atoms with E-state index in [2.05, 4.69) is 5.32 Å². The fraction of sp³-hybridized carbons (Fsp3) is 0.300. The van der Waals surface area contributed by atoms with E-state index in [0.29, 0.717) is 30.9 Å². The molecule has 3 amide bonds. The number of carbonyl (C=O) groups is 2. The topological polar surface area (TPSA) is 61.9 Å². The average Bonchev–Trinajstić information content (AvgIpc) is 2.93. The van der Waals surface area contributed by atoms with Crippen LogP contribution in [0.1, 0.15) is 6.42 Å². The largest absolute Gasteiger partial charge is 0.457 e. The predicted molar refractivity (Wildman–Crippen MR) is 100 cm³/mol. The number of ether oxygens (including phenoxy) is 1. The van der Waals surface area contributed by atoms with Gasteiger partial charge in [0.25, 0.3) is 0 Å². The maximum Gasteiger partial charge on any atom is 0.321 e. The van der Waals surface area contributed by atoms with E-state index in [1.165, 1.54) is 0 Å². The van der Waals surface area contributed by atoms with Gasteiger partial charge in [-0.1, -0.05) is 24.3 Å². The van der Waals surface area contributed by atoms with Gasteiger partial charge in [0.2, 0.25) is 5.91 Å². The predicted octanol–water partition coefficient (Wildman–Crippen LogP) is 3.42. The van der Waals surface area contributed by atoms with E-state index in [1.807, 2.05) is 48.5 Å². The van der Waals surface area contributed by atoms with Crippen LogP contribution in [0.3, 0.4) is 0 Å². The number of hydrogen-bond acceptors (Lipinski definition) is 3. The van der Waals surface area contributed by atoms with E-state index < -0.39 is 0 Å². The summed E-state index contributed by atoms with van der Waals surface area (Å²) < 4.78 is 5.78. The van der Waals surface area contributed by atoms with Crippen molar-refractivity contribution in [3.8, 4) is 11.5 Å². The van der Waals surface area contributed by atoms with E-state index in [4.69, 9.17) is 4.74 Å². The minimum absolute atomic E-state index is 0.134. The number of anilines is 1. The molecule has 0 saturated carbocycles. The van der Waals surface area contributed by atoms with E-state index >= 15 is 0 Å². The van der Waals surface area contributed by atoms with Crippen LogP contribution in [-0.4, -0.2) is 48.9 Å². The zero-order chi connectivity index (χ0) is 18.5. The molecule has 0 unspecified atom stereocenters. The zero-order valence-electron chi connectivity index (χ0n) is 15.0. The van der Waals surface area contributed by atoms with Crippen LogP contribution in [0.5, 0.6) is 11.5 Å².